The lowest BCUT2D eigenvalue weighted by Gasteiger charge is -2.25. The maximum Gasteiger partial charge on any atom is 0.224 e. The van der Waals surface area contributed by atoms with E-state index in [9.17, 15) is 4.79 Å². The molecule has 0 unspecified atom stereocenters. The van der Waals surface area contributed by atoms with Gasteiger partial charge in [0.25, 0.3) is 0 Å². The van der Waals surface area contributed by atoms with Gasteiger partial charge in [-0.25, -0.2) is 0 Å². The Kier molecular flexibility index (Phi) is 4.60. The van der Waals surface area contributed by atoms with Crippen molar-refractivity contribution in [1.82, 2.24) is 5.32 Å². The molecule has 1 aromatic carbocycles. The van der Waals surface area contributed by atoms with Crippen LogP contribution in [0.1, 0.15) is 37.7 Å². The van der Waals surface area contributed by atoms with Crippen LogP contribution in [0.15, 0.2) is 30.3 Å². The maximum absolute atomic E-state index is 11.6. The zero-order valence-electron chi connectivity index (χ0n) is 10.3. The van der Waals surface area contributed by atoms with Crippen LogP contribution < -0.4 is 5.32 Å². The highest BCUT2D eigenvalue weighted by Gasteiger charge is 2.16. The summed E-state index contributed by atoms with van der Waals surface area (Å²) in [7, 11) is 0. The second kappa shape index (κ2) is 6.43. The Bertz CT molecular complexity index is 343. The summed E-state index contributed by atoms with van der Waals surface area (Å²) in [6.45, 7) is 0.835. The van der Waals surface area contributed by atoms with E-state index in [1.165, 1.54) is 25.7 Å². The Morgan fingerprint density at radius 2 is 2.00 bits per heavy atom. The molecule has 1 aliphatic rings. The normalized spacial score (nSPS) is 15.3. The van der Waals surface area contributed by atoms with Crippen LogP contribution in [0.25, 0.3) is 0 Å². The van der Waals surface area contributed by atoms with Crippen molar-refractivity contribution in [3.63, 3.8) is 0 Å². The van der Waals surface area contributed by atoms with Crippen molar-refractivity contribution in [3.8, 4) is 0 Å². The molecular formula is C15H21NO. The number of carbonyl (C=O) groups is 1. The minimum atomic E-state index is 0.143. The van der Waals surface area contributed by atoms with Crippen molar-refractivity contribution < 1.29 is 4.79 Å². The highest BCUT2D eigenvalue weighted by atomic mass is 16.1. The predicted octanol–water partition coefficient (Wildman–Crippen LogP) is 2.93. The van der Waals surface area contributed by atoms with E-state index in [-0.39, 0.29) is 5.91 Å². The summed E-state index contributed by atoms with van der Waals surface area (Å²) < 4.78 is 0. The first-order valence-corrected chi connectivity index (χ1v) is 6.65. The van der Waals surface area contributed by atoms with E-state index < -0.39 is 0 Å². The number of rotatable bonds is 6. The van der Waals surface area contributed by atoms with Gasteiger partial charge < -0.3 is 5.32 Å². The van der Waals surface area contributed by atoms with Crippen LogP contribution in [0.3, 0.4) is 0 Å². The topological polar surface area (TPSA) is 29.1 Å². The summed E-state index contributed by atoms with van der Waals surface area (Å²) in [4.78, 5) is 11.6. The van der Waals surface area contributed by atoms with Crippen LogP contribution in [-0.4, -0.2) is 12.5 Å². The van der Waals surface area contributed by atoms with E-state index in [2.05, 4.69) is 5.32 Å². The van der Waals surface area contributed by atoms with Crippen molar-refractivity contribution in [3.05, 3.63) is 35.9 Å². The third kappa shape index (κ3) is 4.22. The maximum atomic E-state index is 11.6. The third-order valence-corrected chi connectivity index (χ3v) is 3.54. The highest BCUT2D eigenvalue weighted by molar-refractivity contribution is 5.78. The van der Waals surface area contributed by atoms with E-state index in [1.807, 2.05) is 30.3 Å². The van der Waals surface area contributed by atoms with Crippen LogP contribution in [0.4, 0.5) is 0 Å². The Hall–Kier alpha value is -1.31. The zero-order valence-corrected chi connectivity index (χ0v) is 10.3. The molecule has 0 atom stereocenters. The lowest BCUT2D eigenvalue weighted by atomic mass is 9.82. The summed E-state index contributed by atoms with van der Waals surface area (Å²) in [5.41, 5.74) is 1.09. The quantitative estimate of drug-likeness (QED) is 0.749. The summed E-state index contributed by atoms with van der Waals surface area (Å²) in [6, 6.07) is 9.90. The van der Waals surface area contributed by atoms with Gasteiger partial charge in [0.2, 0.25) is 5.91 Å². The molecule has 0 spiro atoms. The van der Waals surface area contributed by atoms with Gasteiger partial charge >= 0.3 is 0 Å². The molecule has 1 amide bonds. The predicted molar refractivity (Wildman–Crippen MR) is 69.7 cm³/mol. The number of hydrogen-bond acceptors (Lipinski definition) is 1. The zero-order chi connectivity index (χ0) is 11.9. The van der Waals surface area contributed by atoms with Crippen molar-refractivity contribution in [2.75, 3.05) is 6.54 Å². The first-order valence-electron chi connectivity index (χ1n) is 6.65. The highest BCUT2D eigenvalue weighted by Crippen LogP contribution is 2.29. The van der Waals surface area contributed by atoms with E-state index in [0.29, 0.717) is 6.42 Å². The summed E-state index contributed by atoms with van der Waals surface area (Å²) >= 11 is 0. The molecule has 2 heteroatoms. The van der Waals surface area contributed by atoms with Gasteiger partial charge in [0.05, 0.1) is 6.42 Å². The molecule has 0 radical (unpaired) electrons. The molecule has 92 valence electrons. The van der Waals surface area contributed by atoms with Gasteiger partial charge in [-0.1, -0.05) is 49.6 Å². The molecule has 0 aromatic heterocycles. The molecule has 1 N–H and O–H groups in total. The lowest BCUT2D eigenvalue weighted by Crippen LogP contribution is -2.26. The molecule has 0 bridgehead atoms. The first-order chi connectivity index (χ1) is 8.34. The number of carbonyl (C=O) groups excluding carboxylic acids is 1. The number of amides is 1. The van der Waals surface area contributed by atoms with Crippen molar-refractivity contribution in [2.45, 2.75) is 38.5 Å². The molecule has 17 heavy (non-hydrogen) atoms. The first kappa shape index (κ1) is 12.2. The van der Waals surface area contributed by atoms with Gasteiger partial charge in [-0.05, 0) is 24.3 Å². The molecule has 0 aliphatic heterocycles. The average Bonchev–Trinajstić information content (AvgIpc) is 2.27. The van der Waals surface area contributed by atoms with Gasteiger partial charge in [-0.15, -0.1) is 0 Å². The lowest BCUT2D eigenvalue weighted by molar-refractivity contribution is -0.120. The van der Waals surface area contributed by atoms with E-state index in [4.69, 9.17) is 0 Å². The monoisotopic (exact) mass is 231 g/mol. The van der Waals surface area contributed by atoms with E-state index in [1.54, 1.807) is 0 Å². The molecule has 1 saturated carbocycles. The van der Waals surface area contributed by atoms with Crippen LogP contribution >= 0.6 is 0 Å². The third-order valence-electron chi connectivity index (χ3n) is 3.54. The standard InChI is InChI=1S/C15H21NO/c17-15(12-14-6-2-1-3-7-14)16-11-5-10-13-8-4-9-13/h1-3,6-7,13H,4-5,8-12H2,(H,16,17). The number of benzene rings is 1. The molecule has 2 nitrogen and oxygen atoms in total. The van der Waals surface area contributed by atoms with Crippen LogP contribution in [0.2, 0.25) is 0 Å². The van der Waals surface area contributed by atoms with E-state index in [0.717, 1.165) is 24.4 Å². The van der Waals surface area contributed by atoms with Gasteiger partial charge in [-0.3, -0.25) is 4.79 Å². The summed E-state index contributed by atoms with van der Waals surface area (Å²) in [6.07, 6.45) is 7.13. The second-order valence-corrected chi connectivity index (χ2v) is 4.95. The van der Waals surface area contributed by atoms with Gasteiger partial charge in [0.15, 0.2) is 0 Å². The van der Waals surface area contributed by atoms with Gasteiger partial charge in [0, 0.05) is 6.54 Å². The van der Waals surface area contributed by atoms with Gasteiger partial charge in [0.1, 0.15) is 0 Å². The molecule has 0 heterocycles. The van der Waals surface area contributed by atoms with Gasteiger partial charge in [-0.2, -0.15) is 0 Å². The Labute approximate surface area is 103 Å². The fraction of sp³-hybridized carbons (Fsp3) is 0.533. The fourth-order valence-electron chi connectivity index (χ4n) is 2.24. The molecule has 1 fully saturated rings. The minimum absolute atomic E-state index is 0.143. The van der Waals surface area contributed by atoms with Crippen molar-refractivity contribution >= 4 is 5.91 Å². The average molecular weight is 231 g/mol. The minimum Gasteiger partial charge on any atom is -0.356 e. The molecular weight excluding hydrogens is 210 g/mol. The Balaban J connectivity index is 1.57. The SMILES string of the molecule is O=C(Cc1ccccc1)NCCCC1CCC1. The molecule has 1 aromatic rings. The number of hydrogen-bond donors (Lipinski definition) is 1. The Morgan fingerprint density at radius 3 is 2.65 bits per heavy atom. The van der Waals surface area contributed by atoms with Crippen LogP contribution in [-0.2, 0) is 11.2 Å². The molecule has 1 aliphatic carbocycles. The fourth-order valence-corrected chi connectivity index (χ4v) is 2.24. The van der Waals surface area contributed by atoms with Crippen molar-refractivity contribution in [1.29, 1.82) is 0 Å². The molecule has 2 rings (SSSR count). The summed E-state index contributed by atoms with van der Waals surface area (Å²) in [5, 5.41) is 3.00. The smallest absolute Gasteiger partial charge is 0.224 e. The number of nitrogens with one attached hydrogen (secondary N) is 1. The second-order valence-electron chi connectivity index (χ2n) is 4.95. The summed E-state index contributed by atoms with van der Waals surface area (Å²) in [5.74, 6) is 1.09. The van der Waals surface area contributed by atoms with Crippen molar-refractivity contribution in [2.24, 2.45) is 5.92 Å². The van der Waals surface area contributed by atoms with Crippen LogP contribution in [0, 0.1) is 5.92 Å². The Morgan fingerprint density at radius 1 is 1.24 bits per heavy atom. The molecule has 0 saturated heterocycles. The van der Waals surface area contributed by atoms with Crippen LogP contribution in [0.5, 0.6) is 0 Å². The largest absolute Gasteiger partial charge is 0.356 e. The van der Waals surface area contributed by atoms with E-state index >= 15 is 0 Å².